The highest BCUT2D eigenvalue weighted by Gasteiger charge is 2.34. The van der Waals surface area contributed by atoms with Crippen molar-refractivity contribution < 1.29 is 23.1 Å². The van der Waals surface area contributed by atoms with Crippen LogP contribution in [0.25, 0.3) is 11.4 Å². The molecule has 0 aliphatic carbocycles. The molecule has 0 aromatic carbocycles. The van der Waals surface area contributed by atoms with Crippen molar-refractivity contribution in [2.75, 3.05) is 5.32 Å². The van der Waals surface area contributed by atoms with Gasteiger partial charge in [0.2, 0.25) is 0 Å². The maximum Gasteiger partial charge on any atom is 0.433 e. The fourth-order valence-corrected chi connectivity index (χ4v) is 2.14. The maximum absolute atomic E-state index is 13.1. The van der Waals surface area contributed by atoms with Gasteiger partial charge in [0.1, 0.15) is 11.9 Å². The Bertz CT molecular complexity index is 738. The number of aromatic nitrogens is 3. The van der Waals surface area contributed by atoms with Crippen LogP contribution < -0.4 is 5.32 Å². The lowest BCUT2D eigenvalue weighted by Gasteiger charge is -2.21. The Morgan fingerprint density at radius 2 is 1.92 bits per heavy atom. The average molecular weight is 354 g/mol. The van der Waals surface area contributed by atoms with Crippen LogP contribution in [0.2, 0.25) is 0 Å². The molecule has 0 amide bonds. The van der Waals surface area contributed by atoms with Crippen molar-refractivity contribution in [2.24, 2.45) is 5.92 Å². The van der Waals surface area contributed by atoms with E-state index in [4.69, 9.17) is 0 Å². The quantitative estimate of drug-likeness (QED) is 0.826. The molecule has 2 aromatic rings. The number of carboxylic acid groups (broad SMARTS) is 1. The number of aliphatic carboxylic acids is 1. The number of carboxylic acids is 1. The fraction of sp³-hybridized carbons (Fsp3) is 0.375. The van der Waals surface area contributed by atoms with Gasteiger partial charge in [0, 0.05) is 24.0 Å². The molecule has 6 nitrogen and oxygen atoms in total. The molecule has 0 spiro atoms. The first-order valence-corrected chi connectivity index (χ1v) is 7.58. The van der Waals surface area contributed by atoms with Crippen LogP contribution in [-0.4, -0.2) is 32.1 Å². The summed E-state index contributed by atoms with van der Waals surface area (Å²) in [5.41, 5.74) is -0.801. The molecule has 0 unspecified atom stereocenters. The van der Waals surface area contributed by atoms with Crippen LogP contribution in [0.5, 0.6) is 0 Å². The van der Waals surface area contributed by atoms with Crippen LogP contribution in [0.15, 0.2) is 30.6 Å². The van der Waals surface area contributed by atoms with Crippen LogP contribution in [0.4, 0.5) is 19.0 Å². The van der Waals surface area contributed by atoms with Crippen molar-refractivity contribution in [3.8, 4) is 11.4 Å². The Hall–Kier alpha value is -2.71. The molecular weight excluding hydrogens is 337 g/mol. The van der Waals surface area contributed by atoms with E-state index in [2.05, 4.69) is 20.3 Å². The maximum atomic E-state index is 13.1. The van der Waals surface area contributed by atoms with Gasteiger partial charge in [-0.3, -0.25) is 4.98 Å². The van der Waals surface area contributed by atoms with Crippen molar-refractivity contribution in [1.82, 2.24) is 15.0 Å². The van der Waals surface area contributed by atoms with Gasteiger partial charge in [-0.05, 0) is 18.1 Å². The van der Waals surface area contributed by atoms with E-state index in [1.165, 1.54) is 24.5 Å². The summed E-state index contributed by atoms with van der Waals surface area (Å²) in [6, 6.07) is 2.60. The molecule has 2 heterocycles. The second kappa shape index (κ2) is 7.45. The minimum atomic E-state index is -4.68. The van der Waals surface area contributed by atoms with Crippen molar-refractivity contribution in [1.29, 1.82) is 0 Å². The third kappa shape index (κ3) is 4.65. The highest BCUT2D eigenvalue weighted by Crippen LogP contribution is 2.31. The van der Waals surface area contributed by atoms with Crippen molar-refractivity contribution in [3.63, 3.8) is 0 Å². The molecule has 25 heavy (non-hydrogen) atoms. The summed E-state index contributed by atoms with van der Waals surface area (Å²) in [7, 11) is 0. The summed E-state index contributed by atoms with van der Waals surface area (Å²) < 4.78 is 39.4. The van der Waals surface area contributed by atoms with Crippen molar-refractivity contribution >= 4 is 11.8 Å². The third-order valence-electron chi connectivity index (χ3n) is 3.74. The zero-order valence-electron chi connectivity index (χ0n) is 13.6. The van der Waals surface area contributed by atoms with Gasteiger partial charge in [0.05, 0.1) is 0 Å². The first-order valence-electron chi connectivity index (χ1n) is 7.58. The highest BCUT2D eigenvalue weighted by atomic mass is 19.4. The van der Waals surface area contributed by atoms with Gasteiger partial charge in [0.25, 0.3) is 0 Å². The first kappa shape index (κ1) is 18.6. The molecule has 0 radical (unpaired) electrons. The predicted octanol–water partition coefficient (Wildman–Crippen LogP) is 3.47. The zero-order chi connectivity index (χ0) is 18.6. The second-order valence-corrected chi connectivity index (χ2v) is 5.54. The number of rotatable bonds is 6. The van der Waals surface area contributed by atoms with Crippen LogP contribution in [-0.2, 0) is 11.0 Å². The fourth-order valence-electron chi connectivity index (χ4n) is 2.14. The van der Waals surface area contributed by atoms with Crippen LogP contribution in [0, 0.1) is 5.92 Å². The molecule has 9 heteroatoms. The Morgan fingerprint density at radius 1 is 1.28 bits per heavy atom. The number of carbonyl (C=O) groups is 1. The largest absolute Gasteiger partial charge is 0.480 e. The number of hydrogen-bond donors (Lipinski definition) is 2. The Kier molecular flexibility index (Phi) is 5.55. The lowest BCUT2D eigenvalue weighted by atomic mass is 9.99. The summed E-state index contributed by atoms with van der Waals surface area (Å²) >= 11 is 0. The van der Waals surface area contributed by atoms with Gasteiger partial charge in [-0.15, -0.1) is 0 Å². The van der Waals surface area contributed by atoms with Crippen LogP contribution in [0.1, 0.15) is 26.0 Å². The number of nitrogens with one attached hydrogen (secondary N) is 1. The number of halogens is 3. The summed E-state index contributed by atoms with van der Waals surface area (Å²) in [4.78, 5) is 22.8. The van der Waals surface area contributed by atoms with Gasteiger partial charge < -0.3 is 10.4 Å². The molecule has 2 aromatic heterocycles. The van der Waals surface area contributed by atoms with E-state index in [0.29, 0.717) is 18.1 Å². The Balaban J connectivity index is 2.48. The Labute approximate surface area is 142 Å². The zero-order valence-corrected chi connectivity index (χ0v) is 13.6. The molecular formula is C16H17F3N4O2. The minimum Gasteiger partial charge on any atom is -0.480 e. The normalized spacial score (nSPS) is 14.0. The van der Waals surface area contributed by atoms with Crippen molar-refractivity contribution in [2.45, 2.75) is 32.5 Å². The monoisotopic (exact) mass is 354 g/mol. The van der Waals surface area contributed by atoms with Gasteiger partial charge in [-0.2, -0.15) is 13.2 Å². The van der Waals surface area contributed by atoms with Crippen LogP contribution in [0.3, 0.4) is 0 Å². The second-order valence-electron chi connectivity index (χ2n) is 5.54. The molecule has 0 aliphatic heterocycles. The molecule has 0 aliphatic rings. The van der Waals surface area contributed by atoms with Gasteiger partial charge in [0.15, 0.2) is 11.5 Å². The van der Waals surface area contributed by atoms with Crippen LogP contribution >= 0.6 is 0 Å². The predicted molar refractivity (Wildman–Crippen MR) is 84.8 cm³/mol. The van der Waals surface area contributed by atoms with Gasteiger partial charge >= 0.3 is 12.1 Å². The molecule has 0 saturated heterocycles. The lowest BCUT2D eigenvalue weighted by Crippen LogP contribution is -2.35. The van der Waals surface area contributed by atoms with Gasteiger partial charge in [-0.1, -0.05) is 20.3 Å². The number of nitrogens with zero attached hydrogens (tertiary/aromatic N) is 3. The summed E-state index contributed by atoms with van der Waals surface area (Å²) in [6.07, 6.45) is -1.33. The summed E-state index contributed by atoms with van der Waals surface area (Å²) in [6.45, 7) is 3.49. The van der Waals surface area contributed by atoms with E-state index in [1.54, 1.807) is 13.8 Å². The smallest absolute Gasteiger partial charge is 0.433 e. The molecule has 0 saturated carbocycles. The highest BCUT2D eigenvalue weighted by molar-refractivity contribution is 5.77. The van der Waals surface area contributed by atoms with E-state index >= 15 is 0 Å². The first-order chi connectivity index (χ1) is 11.7. The number of pyridine rings is 1. The number of alkyl halides is 3. The SMILES string of the molecule is CC[C@H](C)[C@H](Nc1cc(C(F)(F)F)nc(-c2ccncc2)n1)C(=O)O. The molecule has 2 rings (SSSR count). The molecule has 134 valence electrons. The van der Waals surface area contributed by atoms with Crippen molar-refractivity contribution in [3.05, 3.63) is 36.3 Å². The standard InChI is InChI=1S/C16H17F3N4O2/c1-3-9(2)13(15(24)25)22-12-8-11(16(17,18)19)21-14(23-12)10-4-6-20-7-5-10/h4-9,13H,3H2,1-2H3,(H,24,25)(H,21,22,23)/t9-,13-/m0/s1. The van der Waals surface area contributed by atoms with E-state index in [0.717, 1.165) is 0 Å². The summed E-state index contributed by atoms with van der Waals surface area (Å²) in [5.74, 6) is -1.81. The molecule has 0 bridgehead atoms. The number of anilines is 1. The Morgan fingerprint density at radius 3 is 2.44 bits per heavy atom. The van der Waals surface area contributed by atoms with E-state index < -0.39 is 23.9 Å². The van der Waals surface area contributed by atoms with Gasteiger partial charge in [-0.25, -0.2) is 14.8 Å². The molecule has 0 fully saturated rings. The molecule has 2 N–H and O–H groups in total. The lowest BCUT2D eigenvalue weighted by molar-refractivity contribution is -0.141. The van der Waals surface area contributed by atoms with E-state index in [1.807, 2.05) is 0 Å². The van der Waals surface area contributed by atoms with E-state index in [-0.39, 0.29) is 17.6 Å². The summed E-state index contributed by atoms with van der Waals surface area (Å²) in [5, 5.41) is 11.9. The topological polar surface area (TPSA) is 88.0 Å². The van der Waals surface area contributed by atoms with E-state index in [9.17, 15) is 23.1 Å². The molecule has 2 atom stereocenters. The average Bonchev–Trinajstić information content (AvgIpc) is 2.58. The third-order valence-corrected chi connectivity index (χ3v) is 3.74. The minimum absolute atomic E-state index is 0.159. The number of hydrogen-bond acceptors (Lipinski definition) is 5.